The van der Waals surface area contributed by atoms with Crippen molar-refractivity contribution in [3.8, 4) is 0 Å². The molecule has 0 bridgehead atoms. The molecule has 130 valence electrons. The summed E-state index contributed by atoms with van der Waals surface area (Å²) >= 11 is 0. The van der Waals surface area contributed by atoms with Crippen molar-refractivity contribution < 1.29 is 9.90 Å². The lowest BCUT2D eigenvalue weighted by Crippen LogP contribution is -2.27. The number of Topliss-reactive ketones (excluding diaryl/α,β-unsaturated/α-hetero) is 1. The molecule has 0 spiro atoms. The molecule has 0 saturated carbocycles. The molecule has 0 fully saturated rings. The number of aryl methyl sites for hydroxylation is 2. The zero-order chi connectivity index (χ0) is 17.8. The van der Waals surface area contributed by atoms with Crippen LogP contribution >= 0.6 is 0 Å². The van der Waals surface area contributed by atoms with Crippen LogP contribution < -0.4 is 5.32 Å². The Hall–Kier alpha value is -1.19. The highest BCUT2D eigenvalue weighted by Crippen LogP contribution is 2.23. The smallest absolute Gasteiger partial charge is 0.160 e. The number of rotatable bonds is 8. The van der Waals surface area contributed by atoms with Crippen LogP contribution in [0.4, 0.5) is 0 Å². The molecule has 0 aromatic heterocycles. The van der Waals surface area contributed by atoms with Gasteiger partial charge in [0.1, 0.15) is 0 Å². The van der Waals surface area contributed by atoms with Crippen molar-refractivity contribution in [1.82, 2.24) is 5.32 Å². The van der Waals surface area contributed by atoms with Gasteiger partial charge in [-0.3, -0.25) is 4.79 Å². The molecule has 23 heavy (non-hydrogen) atoms. The summed E-state index contributed by atoms with van der Waals surface area (Å²) in [5.41, 5.74) is 4.92. The highest BCUT2D eigenvalue weighted by atomic mass is 16.3. The second-order valence-electron chi connectivity index (χ2n) is 7.53. The fourth-order valence-corrected chi connectivity index (χ4v) is 3.26. The molecule has 0 amide bonds. The van der Waals surface area contributed by atoms with E-state index in [1.165, 1.54) is 11.1 Å². The van der Waals surface area contributed by atoms with Crippen LogP contribution in [-0.2, 0) is 6.54 Å². The van der Waals surface area contributed by atoms with E-state index in [4.69, 9.17) is 0 Å². The van der Waals surface area contributed by atoms with E-state index in [9.17, 15) is 9.90 Å². The minimum Gasteiger partial charge on any atom is -0.390 e. The number of hydrogen-bond acceptors (Lipinski definition) is 3. The molecule has 1 atom stereocenters. The lowest BCUT2D eigenvalue weighted by Gasteiger charge is -2.21. The third-order valence-electron chi connectivity index (χ3n) is 4.54. The van der Waals surface area contributed by atoms with E-state index < -0.39 is 5.60 Å². The second-order valence-corrected chi connectivity index (χ2v) is 7.53. The highest BCUT2D eigenvalue weighted by molar-refractivity contribution is 5.97. The summed E-state index contributed by atoms with van der Waals surface area (Å²) in [4.78, 5) is 11.9. The number of nitrogens with one attached hydrogen (secondary N) is 1. The number of carbonyl (C=O) groups is 1. The van der Waals surface area contributed by atoms with Crippen molar-refractivity contribution in [2.75, 3.05) is 0 Å². The van der Waals surface area contributed by atoms with Gasteiger partial charge in [-0.15, -0.1) is 0 Å². The van der Waals surface area contributed by atoms with Gasteiger partial charge in [-0.2, -0.15) is 0 Å². The van der Waals surface area contributed by atoms with E-state index in [0.29, 0.717) is 6.04 Å². The number of carbonyl (C=O) groups excluding carboxylic acids is 1. The van der Waals surface area contributed by atoms with Gasteiger partial charge in [0.05, 0.1) is 5.60 Å². The molecule has 1 rings (SSSR count). The second kappa shape index (κ2) is 8.07. The van der Waals surface area contributed by atoms with Gasteiger partial charge >= 0.3 is 0 Å². The zero-order valence-corrected chi connectivity index (χ0v) is 15.8. The van der Waals surface area contributed by atoms with Crippen LogP contribution in [0, 0.1) is 20.8 Å². The molecule has 3 nitrogen and oxygen atoms in total. The van der Waals surface area contributed by atoms with Crippen LogP contribution in [0.25, 0.3) is 0 Å². The van der Waals surface area contributed by atoms with E-state index in [-0.39, 0.29) is 5.78 Å². The number of ketones is 1. The average Bonchev–Trinajstić information content (AvgIpc) is 2.35. The molecule has 0 saturated heterocycles. The Bertz CT molecular complexity index is 556. The van der Waals surface area contributed by atoms with Crippen LogP contribution in [0.5, 0.6) is 0 Å². The molecule has 3 heteroatoms. The topological polar surface area (TPSA) is 49.3 Å². The van der Waals surface area contributed by atoms with Gasteiger partial charge in [-0.05, 0) is 90.0 Å². The van der Waals surface area contributed by atoms with Crippen LogP contribution in [0.15, 0.2) is 6.07 Å². The SMILES string of the molecule is CC(=O)c1c(C)cc(C)c(CN[C@@H](C)CCCC(C)(C)O)c1C. The van der Waals surface area contributed by atoms with Gasteiger partial charge < -0.3 is 10.4 Å². The van der Waals surface area contributed by atoms with E-state index >= 15 is 0 Å². The quantitative estimate of drug-likeness (QED) is 0.705. The number of hydrogen-bond donors (Lipinski definition) is 2. The molecule has 2 N–H and O–H groups in total. The average molecular weight is 319 g/mol. The molecular formula is C20H33NO2. The minimum atomic E-state index is -0.583. The maximum atomic E-state index is 11.9. The molecule has 0 aliphatic rings. The highest BCUT2D eigenvalue weighted by Gasteiger charge is 2.15. The van der Waals surface area contributed by atoms with Crippen LogP contribution in [0.3, 0.4) is 0 Å². The Labute approximate surface area is 141 Å². The molecule has 0 unspecified atom stereocenters. The Morgan fingerprint density at radius 1 is 1.26 bits per heavy atom. The van der Waals surface area contributed by atoms with Crippen molar-refractivity contribution in [2.45, 2.75) is 85.9 Å². The third-order valence-corrected chi connectivity index (χ3v) is 4.54. The van der Waals surface area contributed by atoms with Crippen molar-refractivity contribution >= 4 is 5.78 Å². The minimum absolute atomic E-state index is 0.138. The van der Waals surface area contributed by atoms with Gasteiger partial charge in [0, 0.05) is 18.2 Å². The summed E-state index contributed by atoms with van der Waals surface area (Å²) in [5, 5.41) is 13.3. The summed E-state index contributed by atoms with van der Waals surface area (Å²) < 4.78 is 0. The molecule has 0 aliphatic heterocycles. The van der Waals surface area contributed by atoms with Gasteiger partial charge in [-0.1, -0.05) is 6.07 Å². The largest absolute Gasteiger partial charge is 0.390 e. The summed E-state index contributed by atoms with van der Waals surface area (Å²) in [7, 11) is 0. The Morgan fingerprint density at radius 3 is 2.39 bits per heavy atom. The standard InChI is InChI=1S/C20H33NO2/c1-13-11-14(2)19(17(5)22)16(4)18(13)12-21-15(3)9-8-10-20(6,7)23/h11,15,21,23H,8-10,12H2,1-7H3/t15-/m0/s1. The molecular weight excluding hydrogens is 286 g/mol. The van der Waals surface area contributed by atoms with Crippen molar-refractivity contribution in [3.05, 3.63) is 33.9 Å². The predicted molar refractivity (Wildman–Crippen MR) is 97.1 cm³/mol. The molecule has 1 aromatic rings. The Morgan fingerprint density at radius 2 is 1.87 bits per heavy atom. The van der Waals surface area contributed by atoms with Gasteiger partial charge in [0.15, 0.2) is 5.78 Å². The summed E-state index contributed by atoms with van der Waals surface area (Å²) in [5.74, 6) is 0.138. The van der Waals surface area contributed by atoms with Crippen molar-refractivity contribution in [3.63, 3.8) is 0 Å². The predicted octanol–water partition coefficient (Wildman–Crippen LogP) is 4.23. The molecule has 0 heterocycles. The zero-order valence-electron chi connectivity index (χ0n) is 15.8. The first-order chi connectivity index (χ1) is 10.5. The van der Waals surface area contributed by atoms with Crippen LogP contribution in [-0.4, -0.2) is 22.5 Å². The van der Waals surface area contributed by atoms with Gasteiger partial charge in [0.25, 0.3) is 0 Å². The third kappa shape index (κ3) is 6.08. The first-order valence-corrected chi connectivity index (χ1v) is 8.59. The maximum Gasteiger partial charge on any atom is 0.160 e. The fraction of sp³-hybridized carbons (Fsp3) is 0.650. The lowest BCUT2D eigenvalue weighted by atomic mass is 9.91. The summed E-state index contributed by atoms with van der Waals surface area (Å²) in [6.45, 7) is 14.5. The molecule has 0 radical (unpaired) electrons. The lowest BCUT2D eigenvalue weighted by molar-refractivity contribution is 0.0675. The monoisotopic (exact) mass is 319 g/mol. The Kier molecular flexibility index (Phi) is 6.97. The van der Waals surface area contributed by atoms with Crippen molar-refractivity contribution in [2.24, 2.45) is 0 Å². The Balaban J connectivity index is 2.71. The first-order valence-electron chi connectivity index (χ1n) is 8.59. The normalized spacial score (nSPS) is 13.2. The molecule has 0 aliphatic carbocycles. The van der Waals surface area contributed by atoms with E-state index in [0.717, 1.165) is 42.5 Å². The van der Waals surface area contributed by atoms with Gasteiger partial charge in [0.2, 0.25) is 0 Å². The van der Waals surface area contributed by atoms with Crippen LogP contribution in [0.2, 0.25) is 0 Å². The fourth-order valence-electron chi connectivity index (χ4n) is 3.26. The van der Waals surface area contributed by atoms with E-state index in [2.05, 4.69) is 25.2 Å². The van der Waals surface area contributed by atoms with E-state index in [1.807, 2.05) is 27.7 Å². The molecule has 1 aromatic carbocycles. The van der Waals surface area contributed by atoms with Crippen LogP contribution in [0.1, 0.15) is 79.6 Å². The maximum absolute atomic E-state index is 11.9. The summed E-state index contributed by atoms with van der Waals surface area (Å²) in [6, 6.07) is 2.50. The van der Waals surface area contributed by atoms with E-state index in [1.54, 1.807) is 6.92 Å². The number of aliphatic hydroxyl groups is 1. The number of benzene rings is 1. The van der Waals surface area contributed by atoms with Crippen molar-refractivity contribution in [1.29, 1.82) is 0 Å². The van der Waals surface area contributed by atoms with Gasteiger partial charge in [-0.25, -0.2) is 0 Å². The first kappa shape index (κ1) is 19.9. The summed E-state index contributed by atoms with van der Waals surface area (Å²) in [6.07, 6.45) is 2.85.